The van der Waals surface area contributed by atoms with E-state index in [1.165, 1.54) is 27.4 Å². The Morgan fingerprint density at radius 3 is 2.09 bits per heavy atom. The summed E-state index contributed by atoms with van der Waals surface area (Å²) in [6.45, 7) is 7.60. The number of carbonyl (C=O) groups is 1. The van der Waals surface area contributed by atoms with Gasteiger partial charge in [0, 0.05) is 17.3 Å². The first-order valence-corrected chi connectivity index (χ1v) is 10.7. The lowest BCUT2D eigenvalue weighted by Crippen LogP contribution is -2.35. The van der Waals surface area contributed by atoms with Gasteiger partial charge in [-0.1, -0.05) is 20.4 Å². The number of ether oxygens (including phenoxy) is 4. The first-order chi connectivity index (χ1) is 15.8. The highest BCUT2D eigenvalue weighted by molar-refractivity contribution is 7.80. The van der Waals surface area contributed by atoms with Crippen molar-refractivity contribution in [1.29, 1.82) is 0 Å². The van der Waals surface area contributed by atoms with Gasteiger partial charge in [-0.2, -0.15) is 0 Å². The van der Waals surface area contributed by atoms with Gasteiger partial charge in [-0.15, -0.1) is 0 Å². The summed E-state index contributed by atoms with van der Waals surface area (Å²) in [5.41, 5.74) is 1.96. The van der Waals surface area contributed by atoms with Crippen molar-refractivity contribution in [3.05, 3.63) is 48.6 Å². The SMILES string of the molecule is C=CC(=O)Nc1cc(OC)c(OC)c(OC)c1C(NC(=S)Nc1ccc(OC)cc1)C(C)C. The van der Waals surface area contributed by atoms with Gasteiger partial charge in [0.05, 0.1) is 40.2 Å². The van der Waals surface area contributed by atoms with E-state index in [2.05, 4.69) is 22.5 Å². The normalized spacial score (nSPS) is 11.2. The number of methoxy groups -OCH3 is 4. The highest BCUT2D eigenvalue weighted by Gasteiger charge is 2.29. The summed E-state index contributed by atoms with van der Waals surface area (Å²) in [5, 5.41) is 9.75. The number of hydrogen-bond acceptors (Lipinski definition) is 6. The lowest BCUT2D eigenvalue weighted by atomic mass is 9.92. The monoisotopic (exact) mass is 473 g/mol. The van der Waals surface area contributed by atoms with Crippen LogP contribution in [0.1, 0.15) is 25.5 Å². The Balaban J connectivity index is 2.50. The maximum absolute atomic E-state index is 12.2. The third-order valence-corrected chi connectivity index (χ3v) is 5.14. The van der Waals surface area contributed by atoms with Crippen LogP contribution in [0.4, 0.5) is 11.4 Å². The molecule has 9 heteroatoms. The highest BCUT2D eigenvalue weighted by Crippen LogP contribution is 2.48. The fourth-order valence-corrected chi connectivity index (χ4v) is 3.57. The molecule has 0 fully saturated rings. The number of anilines is 2. The van der Waals surface area contributed by atoms with Crippen molar-refractivity contribution in [2.24, 2.45) is 5.92 Å². The van der Waals surface area contributed by atoms with E-state index in [0.29, 0.717) is 33.6 Å². The van der Waals surface area contributed by atoms with E-state index in [-0.39, 0.29) is 17.9 Å². The molecule has 0 aliphatic heterocycles. The molecular formula is C24H31N3O5S. The van der Waals surface area contributed by atoms with Gasteiger partial charge in [0.1, 0.15) is 5.75 Å². The molecule has 0 saturated heterocycles. The molecule has 178 valence electrons. The molecule has 2 aromatic rings. The molecule has 0 radical (unpaired) electrons. The maximum atomic E-state index is 12.2. The minimum Gasteiger partial charge on any atom is -0.497 e. The van der Waals surface area contributed by atoms with Gasteiger partial charge in [0.25, 0.3) is 0 Å². The van der Waals surface area contributed by atoms with Crippen LogP contribution >= 0.6 is 12.2 Å². The fraction of sp³-hybridized carbons (Fsp3) is 0.333. The fourth-order valence-electron chi connectivity index (χ4n) is 3.33. The zero-order chi connectivity index (χ0) is 24.5. The van der Waals surface area contributed by atoms with E-state index < -0.39 is 0 Å². The van der Waals surface area contributed by atoms with Gasteiger partial charge in [-0.3, -0.25) is 4.79 Å². The predicted molar refractivity (Wildman–Crippen MR) is 135 cm³/mol. The summed E-state index contributed by atoms with van der Waals surface area (Å²) in [5.74, 6) is 1.68. The van der Waals surface area contributed by atoms with Crippen LogP contribution in [-0.4, -0.2) is 39.5 Å². The van der Waals surface area contributed by atoms with Gasteiger partial charge in [-0.05, 0) is 48.5 Å². The number of carbonyl (C=O) groups excluding carboxylic acids is 1. The van der Waals surface area contributed by atoms with E-state index >= 15 is 0 Å². The van der Waals surface area contributed by atoms with Gasteiger partial charge >= 0.3 is 0 Å². The number of hydrogen-bond donors (Lipinski definition) is 3. The molecule has 3 N–H and O–H groups in total. The van der Waals surface area contributed by atoms with Crippen LogP contribution < -0.4 is 34.9 Å². The second-order valence-corrected chi connectivity index (χ2v) is 7.76. The topological polar surface area (TPSA) is 90.1 Å². The molecule has 0 heterocycles. The zero-order valence-corrected chi connectivity index (χ0v) is 20.6. The van der Waals surface area contributed by atoms with Crippen LogP contribution in [0.3, 0.4) is 0 Å². The summed E-state index contributed by atoms with van der Waals surface area (Å²) in [6, 6.07) is 8.75. The number of rotatable bonds is 10. The van der Waals surface area contributed by atoms with Crippen molar-refractivity contribution in [1.82, 2.24) is 5.32 Å². The standard InChI is InChI=1S/C24H31N3O5S/c1-8-19(28)26-17-13-18(30-5)22(31-6)23(32-7)20(17)21(14(2)3)27-24(33)25-15-9-11-16(29-4)12-10-15/h8-14,21H,1H2,2-7H3,(H,26,28)(H2,25,27,33). The van der Waals surface area contributed by atoms with E-state index in [1.807, 2.05) is 38.1 Å². The first-order valence-electron chi connectivity index (χ1n) is 10.3. The van der Waals surface area contributed by atoms with Crippen LogP contribution in [0.2, 0.25) is 0 Å². The third kappa shape index (κ3) is 6.29. The van der Waals surface area contributed by atoms with Crippen molar-refractivity contribution in [3.8, 4) is 23.0 Å². The predicted octanol–water partition coefficient (Wildman–Crippen LogP) is 4.53. The molecule has 0 bridgehead atoms. The summed E-state index contributed by atoms with van der Waals surface area (Å²) in [4.78, 5) is 12.2. The molecule has 2 rings (SSSR count). The van der Waals surface area contributed by atoms with E-state index in [1.54, 1.807) is 13.2 Å². The van der Waals surface area contributed by atoms with Gasteiger partial charge in [0.2, 0.25) is 11.7 Å². The van der Waals surface area contributed by atoms with E-state index in [4.69, 9.17) is 31.2 Å². The maximum Gasteiger partial charge on any atom is 0.247 e. The van der Waals surface area contributed by atoms with Crippen LogP contribution in [0, 0.1) is 5.92 Å². The zero-order valence-electron chi connectivity index (χ0n) is 19.8. The quantitative estimate of drug-likeness (QED) is 0.343. The Hall–Kier alpha value is -3.46. The molecule has 1 unspecified atom stereocenters. The largest absolute Gasteiger partial charge is 0.497 e. The molecule has 8 nitrogen and oxygen atoms in total. The highest BCUT2D eigenvalue weighted by atomic mass is 32.1. The lowest BCUT2D eigenvalue weighted by molar-refractivity contribution is -0.111. The van der Waals surface area contributed by atoms with Crippen LogP contribution in [0.25, 0.3) is 0 Å². The summed E-state index contributed by atoms with van der Waals surface area (Å²) >= 11 is 5.58. The Bertz CT molecular complexity index is 993. The second-order valence-electron chi connectivity index (χ2n) is 7.35. The van der Waals surface area contributed by atoms with E-state index in [9.17, 15) is 4.79 Å². The minimum absolute atomic E-state index is 0.0481. The molecule has 2 aromatic carbocycles. The number of nitrogens with one attached hydrogen (secondary N) is 3. The molecule has 0 spiro atoms. The van der Waals surface area contributed by atoms with Crippen LogP contribution in [0.15, 0.2) is 43.0 Å². The van der Waals surface area contributed by atoms with Crippen molar-refractivity contribution < 1.29 is 23.7 Å². The van der Waals surface area contributed by atoms with Crippen LogP contribution in [0.5, 0.6) is 23.0 Å². The molecule has 0 saturated carbocycles. The number of thiocarbonyl (C=S) groups is 1. The van der Waals surface area contributed by atoms with Crippen molar-refractivity contribution in [2.75, 3.05) is 39.1 Å². The average molecular weight is 474 g/mol. The average Bonchev–Trinajstić information content (AvgIpc) is 2.81. The Morgan fingerprint density at radius 1 is 0.970 bits per heavy atom. The minimum atomic E-state index is -0.369. The van der Waals surface area contributed by atoms with Gasteiger partial charge < -0.3 is 34.9 Å². The Morgan fingerprint density at radius 2 is 1.61 bits per heavy atom. The molecule has 0 aliphatic rings. The van der Waals surface area contributed by atoms with Gasteiger partial charge in [0.15, 0.2) is 16.6 Å². The number of benzene rings is 2. The molecule has 0 aliphatic carbocycles. The lowest BCUT2D eigenvalue weighted by Gasteiger charge is -2.29. The first kappa shape index (κ1) is 25.8. The molecule has 1 atom stereocenters. The molecular weight excluding hydrogens is 442 g/mol. The summed E-state index contributed by atoms with van der Waals surface area (Å²) < 4.78 is 21.9. The van der Waals surface area contributed by atoms with Crippen molar-refractivity contribution in [3.63, 3.8) is 0 Å². The van der Waals surface area contributed by atoms with Crippen molar-refractivity contribution >= 4 is 34.6 Å². The molecule has 33 heavy (non-hydrogen) atoms. The molecule has 1 amide bonds. The van der Waals surface area contributed by atoms with Crippen LogP contribution in [-0.2, 0) is 4.79 Å². The smallest absolute Gasteiger partial charge is 0.247 e. The second kappa shape index (κ2) is 12.0. The summed E-state index contributed by atoms with van der Waals surface area (Å²) in [6.07, 6.45) is 1.20. The number of amides is 1. The van der Waals surface area contributed by atoms with Gasteiger partial charge in [-0.25, -0.2) is 0 Å². The Kier molecular flexibility index (Phi) is 9.35. The summed E-state index contributed by atoms with van der Waals surface area (Å²) in [7, 11) is 6.19. The van der Waals surface area contributed by atoms with E-state index in [0.717, 1.165) is 11.4 Å². The van der Waals surface area contributed by atoms with Crippen molar-refractivity contribution in [2.45, 2.75) is 19.9 Å². The third-order valence-electron chi connectivity index (χ3n) is 4.92. The Labute approximate surface area is 200 Å². The molecule has 0 aromatic heterocycles.